The topological polar surface area (TPSA) is 130 Å². The van der Waals surface area contributed by atoms with Gasteiger partial charge < -0.3 is 21.5 Å². The molecule has 126 valence electrons. The first-order chi connectivity index (χ1) is 11.6. The Morgan fingerprint density at radius 3 is 2.83 bits per heavy atom. The quantitative estimate of drug-likeness (QED) is 0.592. The van der Waals surface area contributed by atoms with Gasteiger partial charge in [0, 0.05) is 56.5 Å². The van der Waals surface area contributed by atoms with E-state index in [0.717, 1.165) is 11.1 Å². The summed E-state index contributed by atoms with van der Waals surface area (Å²) in [5.41, 5.74) is 14.3. The predicted molar refractivity (Wildman–Crippen MR) is 92.3 cm³/mol. The van der Waals surface area contributed by atoms with Crippen LogP contribution in [0, 0.1) is 0 Å². The Morgan fingerprint density at radius 2 is 2.12 bits per heavy atom. The molecule has 24 heavy (non-hydrogen) atoms. The third-order valence-electron chi connectivity index (χ3n) is 3.57. The van der Waals surface area contributed by atoms with Crippen molar-refractivity contribution in [3.05, 3.63) is 24.8 Å². The number of fused-ring (bicyclic) bond motifs is 1. The number of ether oxygens (including phenoxy) is 1. The fourth-order valence-electron chi connectivity index (χ4n) is 2.39. The van der Waals surface area contributed by atoms with E-state index >= 15 is 0 Å². The molecule has 0 aliphatic rings. The van der Waals surface area contributed by atoms with Crippen molar-refractivity contribution in [3.63, 3.8) is 0 Å². The first-order valence-electron chi connectivity index (χ1n) is 7.47. The van der Waals surface area contributed by atoms with Crippen LogP contribution in [-0.2, 0) is 11.8 Å². The van der Waals surface area contributed by atoms with Gasteiger partial charge in [0.15, 0.2) is 0 Å². The lowest BCUT2D eigenvalue weighted by atomic mass is 10.1. The van der Waals surface area contributed by atoms with Crippen LogP contribution in [-0.4, -0.2) is 51.0 Å². The molecule has 0 saturated heterocycles. The van der Waals surface area contributed by atoms with Gasteiger partial charge in [0.1, 0.15) is 5.82 Å². The maximum Gasteiger partial charge on any atom is 0.223 e. The molecule has 0 saturated carbocycles. The molecule has 0 spiro atoms. The number of nitrogens with two attached hydrogens (primary N) is 2. The number of hydrogen-bond donors (Lipinski definition) is 3. The van der Waals surface area contributed by atoms with Gasteiger partial charge in [-0.3, -0.25) is 4.68 Å². The third kappa shape index (κ3) is 3.26. The van der Waals surface area contributed by atoms with Gasteiger partial charge >= 0.3 is 0 Å². The van der Waals surface area contributed by atoms with Crippen molar-refractivity contribution in [3.8, 4) is 11.1 Å². The van der Waals surface area contributed by atoms with Crippen LogP contribution < -0.4 is 16.8 Å². The second kappa shape index (κ2) is 6.77. The van der Waals surface area contributed by atoms with Crippen molar-refractivity contribution < 1.29 is 4.74 Å². The Bertz CT molecular complexity index is 847. The van der Waals surface area contributed by atoms with Crippen LogP contribution in [0.3, 0.4) is 0 Å². The first kappa shape index (κ1) is 16.1. The molecule has 0 radical (unpaired) electrons. The molecule has 3 rings (SSSR count). The standard InChI is InChI=1S/C15H20N8O/c1-23-7-9(3-21-23)11-5-18-14(17)12-6-20-15(22-13(11)12)19-4-10(16)8-24-2/h3,5-7,10H,4,8,16H2,1-2H3,(H2,17,18)(H,19,20,22). The van der Waals surface area contributed by atoms with Gasteiger partial charge in [0.05, 0.1) is 23.7 Å². The maximum atomic E-state index is 5.95. The lowest BCUT2D eigenvalue weighted by molar-refractivity contribution is 0.183. The summed E-state index contributed by atoms with van der Waals surface area (Å²) in [7, 11) is 3.47. The maximum absolute atomic E-state index is 5.95. The molecule has 3 heterocycles. The molecule has 0 aliphatic heterocycles. The first-order valence-corrected chi connectivity index (χ1v) is 7.47. The summed E-state index contributed by atoms with van der Waals surface area (Å²) < 4.78 is 6.74. The van der Waals surface area contributed by atoms with Gasteiger partial charge in [0.25, 0.3) is 0 Å². The molecule has 3 aromatic heterocycles. The van der Waals surface area contributed by atoms with Crippen LogP contribution in [0.15, 0.2) is 24.8 Å². The highest BCUT2D eigenvalue weighted by Gasteiger charge is 2.12. The number of nitrogen functional groups attached to an aromatic ring is 1. The minimum atomic E-state index is -0.144. The molecule has 0 aliphatic carbocycles. The van der Waals surface area contributed by atoms with E-state index in [2.05, 4.69) is 25.4 Å². The third-order valence-corrected chi connectivity index (χ3v) is 3.57. The van der Waals surface area contributed by atoms with Crippen LogP contribution in [0.2, 0.25) is 0 Å². The van der Waals surface area contributed by atoms with Gasteiger partial charge in [-0.15, -0.1) is 0 Å². The zero-order valence-electron chi connectivity index (χ0n) is 13.6. The fraction of sp³-hybridized carbons (Fsp3) is 0.333. The minimum Gasteiger partial charge on any atom is -0.383 e. The van der Waals surface area contributed by atoms with Gasteiger partial charge in [-0.25, -0.2) is 15.0 Å². The number of anilines is 2. The SMILES string of the molecule is COCC(N)CNc1ncc2c(N)ncc(-c3cnn(C)c3)c2n1. The lowest BCUT2D eigenvalue weighted by Gasteiger charge is -2.12. The van der Waals surface area contributed by atoms with Crippen LogP contribution in [0.25, 0.3) is 22.0 Å². The molecule has 0 bridgehead atoms. The van der Waals surface area contributed by atoms with Gasteiger partial charge in [-0.05, 0) is 0 Å². The number of rotatable bonds is 6. The van der Waals surface area contributed by atoms with Crippen molar-refractivity contribution in [1.82, 2.24) is 24.7 Å². The summed E-state index contributed by atoms with van der Waals surface area (Å²) in [6.45, 7) is 0.959. The normalized spacial score (nSPS) is 12.5. The second-order valence-corrected chi connectivity index (χ2v) is 5.51. The zero-order valence-corrected chi connectivity index (χ0v) is 13.6. The van der Waals surface area contributed by atoms with Crippen molar-refractivity contribution in [2.45, 2.75) is 6.04 Å². The van der Waals surface area contributed by atoms with Gasteiger partial charge in [0.2, 0.25) is 5.95 Å². The Balaban J connectivity index is 1.97. The molecule has 0 aromatic carbocycles. The van der Waals surface area contributed by atoms with Crippen molar-refractivity contribution in [2.24, 2.45) is 12.8 Å². The highest BCUT2D eigenvalue weighted by atomic mass is 16.5. The van der Waals surface area contributed by atoms with Crippen molar-refractivity contribution >= 4 is 22.7 Å². The van der Waals surface area contributed by atoms with E-state index in [1.165, 1.54) is 0 Å². The molecule has 9 heteroatoms. The van der Waals surface area contributed by atoms with Crippen LogP contribution in [0.4, 0.5) is 11.8 Å². The van der Waals surface area contributed by atoms with Crippen LogP contribution in [0.5, 0.6) is 0 Å². The molecular weight excluding hydrogens is 308 g/mol. The fourth-order valence-corrected chi connectivity index (χ4v) is 2.39. The average Bonchev–Trinajstić information content (AvgIpc) is 3.00. The van der Waals surface area contributed by atoms with E-state index in [9.17, 15) is 0 Å². The summed E-state index contributed by atoms with van der Waals surface area (Å²) in [5, 5.41) is 8.01. The monoisotopic (exact) mass is 328 g/mol. The lowest BCUT2D eigenvalue weighted by Crippen LogP contribution is -2.33. The highest BCUT2D eigenvalue weighted by molar-refractivity contribution is 5.98. The molecule has 0 amide bonds. The van der Waals surface area contributed by atoms with Gasteiger partial charge in [-0.1, -0.05) is 0 Å². The Hall–Kier alpha value is -2.78. The number of pyridine rings is 1. The summed E-state index contributed by atoms with van der Waals surface area (Å²) in [4.78, 5) is 13.1. The summed E-state index contributed by atoms with van der Waals surface area (Å²) >= 11 is 0. The van der Waals surface area contributed by atoms with Gasteiger partial charge in [-0.2, -0.15) is 5.10 Å². The molecular formula is C15H20N8O. The van der Waals surface area contributed by atoms with Crippen molar-refractivity contribution in [2.75, 3.05) is 31.3 Å². The van der Waals surface area contributed by atoms with E-state index in [0.29, 0.717) is 35.8 Å². The number of aryl methyl sites for hydroxylation is 1. The molecule has 9 nitrogen and oxygen atoms in total. The number of nitrogens with zero attached hydrogens (tertiary/aromatic N) is 5. The van der Waals surface area contributed by atoms with Crippen LogP contribution in [0.1, 0.15) is 0 Å². The predicted octanol–water partition coefficient (Wildman–Crippen LogP) is 0.393. The molecule has 1 atom stereocenters. The Labute approximate surface area is 139 Å². The smallest absolute Gasteiger partial charge is 0.223 e. The van der Waals surface area contributed by atoms with E-state index in [4.69, 9.17) is 16.2 Å². The largest absolute Gasteiger partial charge is 0.383 e. The number of aromatic nitrogens is 5. The molecule has 5 N–H and O–H groups in total. The number of hydrogen-bond acceptors (Lipinski definition) is 8. The Morgan fingerprint density at radius 1 is 1.29 bits per heavy atom. The van der Waals surface area contributed by atoms with Crippen LogP contribution >= 0.6 is 0 Å². The summed E-state index contributed by atoms with van der Waals surface area (Å²) in [5.74, 6) is 0.866. The average molecular weight is 328 g/mol. The Kier molecular flexibility index (Phi) is 4.54. The number of nitrogens with one attached hydrogen (secondary N) is 1. The summed E-state index contributed by atoms with van der Waals surface area (Å²) in [6.07, 6.45) is 7.02. The molecule has 3 aromatic rings. The van der Waals surface area contributed by atoms with E-state index in [1.54, 1.807) is 30.4 Å². The van der Waals surface area contributed by atoms with E-state index < -0.39 is 0 Å². The zero-order chi connectivity index (χ0) is 17.1. The highest BCUT2D eigenvalue weighted by Crippen LogP contribution is 2.29. The second-order valence-electron chi connectivity index (χ2n) is 5.51. The van der Waals surface area contributed by atoms with E-state index in [-0.39, 0.29) is 6.04 Å². The minimum absolute atomic E-state index is 0.144. The number of methoxy groups -OCH3 is 1. The molecule has 0 fully saturated rings. The van der Waals surface area contributed by atoms with E-state index in [1.807, 2.05) is 13.2 Å². The van der Waals surface area contributed by atoms with Crippen molar-refractivity contribution in [1.29, 1.82) is 0 Å². The molecule has 1 unspecified atom stereocenters. The summed E-state index contributed by atoms with van der Waals surface area (Å²) in [6, 6.07) is -0.144.